The van der Waals surface area contributed by atoms with Crippen LogP contribution in [-0.2, 0) is 11.8 Å². The lowest BCUT2D eigenvalue weighted by atomic mass is 10.0. The third-order valence-electron chi connectivity index (χ3n) is 6.07. The predicted octanol–water partition coefficient (Wildman–Crippen LogP) is 1.32. The third-order valence-corrected chi connectivity index (χ3v) is 6.07. The highest BCUT2D eigenvalue weighted by molar-refractivity contribution is 14.0. The summed E-state index contributed by atoms with van der Waals surface area (Å²) in [6.07, 6.45) is 9.07. The van der Waals surface area contributed by atoms with E-state index < -0.39 is 0 Å². The second kappa shape index (κ2) is 12.1. The van der Waals surface area contributed by atoms with Crippen LogP contribution in [0.15, 0.2) is 35.8 Å². The fraction of sp³-hybridized carbons (Fsp3) is 0.591. The second-order valence-corrected chi connectivity index (χ2v) is 8.28. The average molecular weight is 567 g/mol. The van der Waals surface area contributed by atoms with Crippen molar-refractivity contribution in [3.63, 3.8) is 0 Å². The van der Waals surface area contributed by atoms with Crippen LogP contribution < -0.4 is 10.2 Å². The van der Waals surface area contributed by atoms with Gasteiger partial charge in [-0.05, 0) is 25.0 Å². The number of hydrogen-bond acceptors (Lipinski definition) is 6. The van der Waals surface area contributed by atoms with Crippen molar-refractivity contribution in [2.24, 2.45) is 12.0 Å². The molecule has 2 aliphatic heterocycles. The van der Waals surface area contributed by atoms with Crippen LogP contribution in [0.4, 0.5) is 5.95 Å². The number of nitrogens with one attached hydrogen (secondary N) is 1. The van der Waals surface area contributed by atoms with Crippen molar-refractivity contribution in [1.82, 2.24) is 34.9 Å². The van der Waals surface area contributed by atoms with Crippen LogP contribution in [0.2, 0.25) is 0 Å². The van der Waals surface area contributed by atoms with Gasteiger partial charge in [-0.3, -0.25) is 14.5 Å². The van der Waals surface area contributed by atoms with E-state index in [0.717, 1.165) is 51.1 Å². The Balaban J connectivity index is 0.00000306. The van der Waals surface area contributed by atoms with Crippen molar-refractivity contribution in [2.45, 2.75) is 25.7 Å². The Kier molecular flexibility index (Phi) is 9.27. The summed E-state index contributed by atoms with van der Waals surface area (Å²) in [6.45, 7) is 8.17. The average Bonchev–Trinajstić information content (AvgIpc) is 3.48. The number of halogens is 1. The van der Waals surface area contributed by atoms with Gasteiger partial charge in [-0.25, -0.2) is 9.97 Å². The number of piperazine rings is 1. The summed E-state index contributed by atoms with van der Waals surface area (Å²) in [5, 5.41) is 7.69. The van der Waals surface area contributed by atoms with Crippen molar-refractivity contribution >= 4 is 41.8 Å². The van der Waals surface area contributed by atoms with Gasteiger partial charge in [0.15, 0.2) is 5.96 Å². The van der Waals surface area contributed by atoms with Gasteiger partial charge in [0.2, 0.25) is 11.9 Å². The number of nitrogens with zero attached hydrogens (tertiary/aromatic N) is 8. The lowest BCUT2D eigenvalue weighted by Gasteiger charge is -2.34. The van der Waals surface area contributed by atoms with Crippen molar-refractivity contribution in [2.75, 3.05) is 57.3 Å². The van der Waals surface area contributed by atoms with Gasteiger partial charge in [-0.1, -0.05) is 0 Å². The smallest absolute Gasteiger partial charge is 0.225 e. The zero-order valence-electron chi connectivity index (χ0n) is 19.4. The van der Waals surface area contributed by atoms with E-state index in [1.54, 1.807) is 12.4 Å². The Bertz CT molecular complexity index is 912. The molecule has 4 rings (SSSR count). The normalized spacial score (nSPS) is 18.9. The minimum absolute atomic E-state index is 0. The molecule has 0 spiro atoms. The van der Waals surface area contributed by atoms with Gasteiger partial charge in [0.1, 0.15) is 0 Å². The zero-order valence-corrected chi connectivity index (χ0v) is 21.8. The minimum Gasteiger partial charge on any atom is -0.357 e. The molecule has 180 valence electrons. The first kappa shape index (κ1) is 25.2. The number of amides is 1. The standard InChI is InChI=1S/C22H33N9O.HI/c1-3-23-21(31-10-6-18(17-31)19-15-27-28(2)16-19)26-9-5-20(32)29-11-13-30(14-12-29)22-24-7-4-8-25-22;/h4,7-8,15-16,18H,3,5-6,9-14,17H2,1-2H3,(H,23,26);1H. The highest BCUT2D eigenvalue weighted by Crippen LogP contribution is 2.26. The van der Waals surface area contributed by atoms with Crippen molar-refractivity contribution in [3.05, 3.63) is 36.4 Å². The van der Waals surface area contributed by atoms with Crippen LogP contribution in [0.5, 0.6) is 0 Å². The largest absolute Gasteiger partial charge is 0.357 e. The van der Waals surface area contributed by atoms with Crippen LogP contribution in [0, 0.1) is 0 Å². The van der Waals surface area contributed by atoms with Crippen molar-refractivity contribution in [3.8, 4) is 0 Å². The molecule has 0 saturated carbocycles. The first-order valence-electron chi connectivity index (χ1n) is 11.5. The molecule has 4 heterocycles. The number of aromatic nitrogens is 4. The number of rotatable bonds is 6. The van der Waals surface area contributed by atoms with E-state index in [9.17, 15) is 4.79 Å². The van der Waals surface area contributed by atoms with E-state index in [4.69, 9.17) is 4.99 Å². The molecule has 0 radical (unpaired) electrons. The molecule has 1 atom stereocenters. The van der Waals surface area contributed by atoms with Crippen LogP contribution in [0.3, 0.4) is 0 Å². The van der Waals surface area contributed by atoms with Gasteiger partial charge >= 0.3 is 0 Å². The Morgan fingerprint density at radius 3 is 2.58 bits per heavy atom. The summed E-state index contributed by atoms with van der Waals surface area (Å²) in [5.74, 6) is 2.26. The van der Waals surface area contributed by atoms with E-state index in [1.165, 1.54) is 5.56 Å². The lowest BCUT2D eigenvalue weighted by Crippen LogP contribution is -2.49. The monoisotopic (exact) mass is 567 g/mol. The Hall–Kier alpha value is -2.44. The lowest BCUT2D eigenvalue weighted by molar-refractivity contribution is -0.131. The van der Waals surface area contributed by atoms with Gasteiger partial charge < -0.3 is 20.0 Å². The Labute approximate surface area is 212 Å². The molecule has 2 fully saturated rings. The summed E-state index contributed by atoms with van der Waals surface area (Å²) in [6, 6.07) is 1.81. The maximum atomic E-state index is 12.7. The highest BCUT2D eigenvalue weighted by atomic mass is 127. The minimum atomic E-state index is 0. The molecular formula is C22H34IN9O. The maximum Gasteiger partial charge on any atom is 0.225 e. The van der Waals surface area contributed by atoms with E-state index in [0.29, 0.717) is 32.0 Å². The Morgan fingerprint density at radius 2 is 1.91 bits per heavy atom. The van der Waals surface area contributed by atoms with Gasteiger partial charge in [0, 0.05) is 83.8 Å². The van der Waals surface area contributed by atoms with Crippen LogP contribution in [-0.4, -0.2) is 93.8 Å². The number of anilines is 1. The molecule has 2 saturated heterocycles. The van der Waals surface area contributed by atoms with Crippen LogP contribution in [0.25, 0.3) is 0 Å². The number of hydrogen-bond donors (Lipinski definition) is 1. The maximum absolute atomic E-state index is 12.7. The van der Waals surface area contributed by atoms with E-state index in [1.807, 2.05) is 28.9 Å². The molecule has 0 aromatic carbocycles. The molecule has 11 heteroatoms. The molecule has 33 heavy (non-hydrogen) atoms. The second-order valence-electron chi connectivity index (χ2n) is 8.28. The number of carbonyl (C=O) groups excluding carboxylic acids is 1. The van der Waals surface area contributed by atoms with Gasteiger partial charge in [-0.2, -0.15) is 5.10 Å². The summed E-state index contributed by atoms with van der Waals surface area (Å²) in [4.78, 5) is 32.4. The fourth-order valence-electron chi connectivity index (χ4n) is 4.33. The number of aryl methyl sites for hydroxylation is 1. The third kappa shape index (κ3) is 6.55. The van der Waals surface area contributed by atoms with Crippen molar-refractivity contribution < 1.29 is 4.79 Å². The van der Waals surface area contributed by atoms with E-state index in [-0.39, 0.29) is 29.9 Å². The molecule has 1 N–H and O–H groups in total. The summed E-state index contributed by atoms with van der Waals surface area (Å²) in [7, 11) is 1.95. The molecule has 2 aromatic heterocycles. The fourth-order valence-corrected chi connectivity index (χ4v) is 4.33. The number of likely N-dealkylation sites (tertiary alicyclic amines) is 1. The number of aliphatic imine (C=N–C) groups is 1. The first-order valence-corrected chi connectivity index (χ1v) is 11.5. The van der Waals surface area contributed by atoms with Crippen LogP contribution in [0.1, 0.15) is 31.2 Å². The molecule has 10 nitrogen and oxygen atoms in total. The highest BCUT2D eigenvalue weighted by Gasteiger charge is 2.27. The molecule has 2 aliphatic rings. The first-order chi connectivity index (χ1) is 15.6. The summed E-state index contributed by atoms with van der Waals surface area (Å²) < 4.78 is 1.86. The summed E-state index contributed by atoms with van der Waals surface area (Å²) in [5.41, 5.74) is 1.28. The zero-order chi connectivity index (χ0) is 22.3. The van der Waals surface area contributed by atoms with Gasteiger partial charge in [0.05, 0.1) is 12.7 Å². The quantitative estimate of drug-likeness (QED) is 0.320. The molecular weight excluding hydrogens is 533 g/mol. The molecule has 0 aliphatic carbocycles. The van der Waals surface area contributed by atoms with E-state index in [2.05, 4.69) is 43.3 Å². The summed E-state index contributed by atoms with van der Waals surface area (Å²) >= 11 is 0. The molecule has 1 amide bonds. The van der Waals surface area contributed by atoms with E-state index >= 15 is 0 Å². The Morgan fingerprint density at radius 1 is 1.15 bits per heavy atom. The topological polar surface area (TPSA) is 94.8 Å². The van der Waals surface area contributed by atoms with Gasteiger partial charge in [0.25, 0.3) is 0 Å². The molecule has 0 bridgehead atoms. The van der Waals surface area contributed by atoms with Crippen LogP contribution >= 0.6 is 24.0 Å². The predicted molar refractivity (Wildman–Crippen MR) is 139 cm³/mol. The number of carbonyl (C=O) groups is 1. The number of guanidine groups is 1. The molecule has 1 unspecified atom stereocenters. The van der Waals surface area contributed by atoms with Crippen molar-refractivity contribution in [1.29, 1.82) is 0 Å². The SMILES string of the molecule is CCNC(=NCCC(=O)N1CCN(c2ncccn2)CC1)N1CCC(c2cnn(C)c2)C1.I. The van der Waals surface area contributed by atoms with Gasteiger partial charge in [-0.15, -0.1) is 24.0 Å². The molecule has 2 aromatic rings.